The molecule has 0 spiro atoms. The number of halogens is 1. The largest absolute Gasteiger partial charge is 0.389 e. The Balaban J connectivity index is 1.79. The van der Waals surface area contributed by atoms with Crippen LogP contribution in [0.15, 0.2) is 29.2 Å². The summed E-state index contributed by atoms with van der Waals surface area (Å²) < 4.78 is 12.6. The number of aliphatic hydroxyl groups is 1. The maximum absolute atomic E-state index is 12.6. The molecule has 0 aromatic heterocycles. The second-order valence-electron chi connectivity index (χ2n) is 3.70. The Hall–Kier alpha value is -1.07. The first-order valence-corrected chi connectivity index (χ1v) is 5.98. The van der Waals surface area contributed by atoms with Crippen LogP contribution in [-0.4, -0.2) is 40.9 Å². The molecule has 1 heterocycles. The van der Waals surface area contributed by atoms with Crippen LogP contribution < -0.4 is 0 Å². The van der Waals surface area contributed by atoms with Gasteiger partial charge in [-0.3, -0.25) is 4.79 Å². The minimum absolute atomic E-state index is 0.0135. The summed E-state index contributed by atoms with van der Waals surface area (Å²) in [5.74, 6) is 0.0689. The Kier molecular flexibility index (Phi) is 3.46. The minimum Gasteiger partial charge on any atom is -0.389 e. The maximum atomic E-state index is 12.6. The molecule has 1 aromatic carbocycles. The van der Waals surface area contributed by atoms with Gasteiger partial charge in [-0.25, -0.2) is 4.39 Å². The number of rotatable bonds is 3. The lowest BCUT2D eigenvalue weighted by Gasteiger charge is -2.35. The summed E-state index contributed by atoms with van der Waals surface area (Å²) in [5.41, 5.74) is 0. The highest BCUT2D eigenvalue weighted by Gasteiger charge is 2.28. The number of likely N-dealkylation sites (tertiary alicyclic amines) is 1. The van der Waals surface area contributed by atoms with E-state index in [0.717, 1.165) is 4.90 Å². The molecule has 3 nitrogen and oxygen atoms in total. The first kappa shape index (κ1) is 11.4. The van der Waals surface area contributed by atoms with Crippen molar-refractivity contribution < 1.29 is 14.3 Å². The molecule has 86 valence electrons. The fraction of sp³-hybridized carbons (Fsp3) is 0.364. The molecule has 0 unspecified atom stereocenters. The molecule has 5 heteroatoms. The molecule has 1 N–H and O–H groups in total. The van der Waals surface area contributed by atoms with E-state index in [1.165, 1.54) is 23.9 Å². The van der Waals surface area contributed by atoms with E-state index in [1.807, 2.05) is 0 Å². The van der Waals surface area contributed by atoms with Gasteiger partial charge in [0.25, 0.3) is 0 Å². The number of carbonyl (C=O) groups is 1. The number of nitrogens with zero attached hydrogens (tertiary/aromatic N) is 1. The van der Waals surface area contributed by atoms with E-state index < -0.39 is 0 Å². The van der Waals surface area contributed by atoms with Crippen LogP contribution in [0.3, 0.4) is 0 Å². The van der Waals surface area contributed by atoms with Crippen molar-refractivity contribution in [3.8, 4) is 0 Å². The summed E-state index contributed by atoms with van der Waals surface area (Å²) in [4.78, 5) is 14.0. The first-order valence-electron chi connectivity index (χ1n) is 4.99. The van der Waals surface area contributed by atoms with E-state index in [0.29, 0.717) is 18.8 Å². The lowest BCUT2D eigenvalue weighted by Crippen LogP contribution is -2.54. The average molecular weight is 241 g/mol. The molecule has 1 fully saturated rings. The van der Waals surface area contributed by atoms with Gasteiger partial charge in [-0.1, -0.05) is 0 Å². The third-order valence-corrected chi connectivity index (χ3v) is 3.39. The molecular formula is C11H12FNO2S. The summed E-state index contributed by atoms with van der Waals surface area (Å²) in [5, 5.41) is 9.04. The maximum Gasteiger partial charge on any atom is 0.233 e. The minimum atomic E-state index is -0.361. The molecule has 1 saturated heterocycles. The molecule has 0 aliphatic carbocycles. The standard InChI is InChI=1S/C11H12FNO2S/c12-8-1-3-10(4-2-8)16-7-11(15)13-5-9(14)6-13/h1-4,9,14H,5-7H2. The monoisotopic (exact) mass is 241 g/mol. The van der Waals surface area contributed by atoms with Crippen LogP contribution in [0.1, 0.15) is 0 Å². The highest BCUT2D eigenvalue weighted by atomic mass is 32.2. The Bertz CT molecular complexity index is 376. The predicted molar refractivity (Wildman–Crippen MR) is 59.7 cm³/mol. The van der Waals surface area contributed by atoms with Crippen molar-refractivity contribution in [2.75, 3.05) is 18.8 Å². The highest BCUT2D eigenvalue weighted by molar-refractivity contribution is 8.00. The van der Waals surface area contributed by atoms with Crippen molar-refractivity contribution in [1.82, 2.24) is 4.90 Å². The van der Waals surface area contributed by atoms with Crippen LogP contribution >= 0.6 is 11.8 Å². The number of thioether (sulfide) groups is 1. The zero-order valence-electron chi connectivity index (χ0n) is 8.60. The van der Waals surface area contributed by atoms with Gasteiger partial charge in [-0.2, -0.15) is 0 Å². The number of aliphatic hydroxyl groups excluding tert-OH is 1. The quantitative estimate of drug-likeness (QED) is 0.806. The van der Waals surface area contributed by atoms with Gasteiger partial charge in [0.05, 0.1) is 11.9 Å². The van der Waals surface area contributed by atoms with Gasteiger partial charge in [0.2, 0.25) is 5.91 Å². The van der Waals surface area contributed by atoms with Crippen LogP contribution in [0, 0.1) is 5.82 Å². The van der Waals surface area contributed by atoms with Crippen molar-refractivity contribution >= 4 is 17.7 Å². The van der Waals surface area contributed by atoms with E-state index >= 15 is 0 Å². The van der Waals surface area contributed by atoms with E-state index in [1.54, 1.807) is 17.0 Å². The van der Waals surface area contributed by atoms with Crippen molar-refractivity contribution in [2.45, 2.75) is 11.0 Å². The van der Waals surface area contributed by atoms with Gasteiger partial charge in [0.1, 0.15) is 5.82 Å². The van der Waals surface area contributed by atoms with Crippen LogP contribution in [0.2, 0.25) is 0 Å². The topological polar surface area (TPSA) is 40.5 Å². The first-order chi connectivity index (χ1) is 7.65. The number of hydrogen-bond acceptors (Lipinski definition) is 3. The second kappa shape index (κ2) is 4.84. The molecule has 16 heavy (non-hydrogen) atoms. The molecule has 1 aromatic rings. The normalized spacial score (nSPS) is 16.0. The highest BCUT2D eigenvalue weighted by Crippen LogP contribution is 2.19. The van der Waals surface area contributed by atoms with Gasteiger partial charge in [0.15, 0.2) is 0 Å². The van der Waals surface area contributed by atoms with Gasteiger partial charge in [0, 0.05) is 18.0 Å². The molecular weight excluding hydrogens is 229 g/mol. The Morgan fingerprint density at radius 2 is 2.06 bits per heavy atom. The summed E-state index contributed by atoms with van der Waals surface area (Å²) in [6, 6.07) is 6.05. The van der Waals surface area contributed by atoms with Crippen molar-refractivity contribution in [3.63, 3.8) is 0 Å². The van der Waals surface area contributed by atoms with E-state index in [2.05, 4.69) is 0 Å². The lowest BCUT2D eigenvalue weighted by atomic mass is 10.2. The summed E-state index contributed by atoms with van der Waals surface area (Å²) in [6.07, 6.45) is -0.361. The van der Waals surface area contributed by atoms with Crippen LogP contribution in [-0.2, 0) is 4.79 Å². The molecule has 0 radical (unpaired) electrons. The van der Waals surface area contributed by atoms with Crippen molar-refractivity contribution in [3.05, 3.63) is 30.1 Å². The average Bonchev–Trinajstić information content (AvgIpc) is 2.24. The van der Waals surface area contributed by atoms with Gasteiger partial charge in [-0.05, 0) is 24.3 Å². The predicted octanol–water partition coefficient (Wildman–Crippen LogP) is 1.12. The van der Waals surface area contributed by atoms with E-state index in [4.69, 9.17) is 5.11 Å². The molecule has 1 aliphatic heterocycles. The molecule has 2 rings (SSSR count). The summed E-state index contributed by atoms with van der Waals surface area (Å²) in [6.45, 7) is 0.867. The second-order valence-corrected chi connectivity index (χ2v) is 4.74. The van der Waals surface area contributed by atoms with Crippen LogP contribution in [0.5, 0.6) is 0 Å². The fourth-order valence-corrected chi connectivity index (χ4v) is 2.23. The third-order valence-electron chi connectivity index (χ3n) is 2.39. The molecule has 0 bridgehead atoms. The number of benzene rings is 1. The smallest absolute Gasteiger partial charge is 0.233 e. The summed E-state index contributed by atoms with van der Waals surface area (Å²) in [7, 11) is 0. The fourth-order valence-electron chi connectivity index (χ4n) is 1.43. The molecule has 0 atom stereocenters. The van der Waals surface area contributed by atoms with Crippen LogP contribution in [0.4, 0.5) is 4.39 Å². The molecule has 1 aliphatic rings. The van der Waals surface area contributed by atoms with Gasteiger partial charge >= 0.3 is 0 Å². The number of β-amino-alcohol motifs (C(OH)–C–C–N with tert-alkyl or cyclic N) is 1. The zero-order chi connectivity index (χ0) is 11.5. The Morgan fingerprint density at radius 3 is 2.62 bits per heavy atom. The number of hydrogen-bond donors (Lipinski definition) is 1. The van der Waals surface area contributed by atoms with Crippen molar-refractivity contribution in [2.24, 2.45) is 0 Å². The lowest BCUT2D eigenvalue weighted by molar-refractivity contribution is -0.138. The zero-order valence-corrected chi connectivity index (χ0v) is 9.41. The Morgan fingerprint density at radius 1 is 1.44 bits per heavy atom. The SMILES string of the molecule is O=C(CSc1ccc(F)cc1)N1CC(O)C1. The molecule has 1 amide bonds. The number of carbonyl (C=O) groups excluding carboxylic acids is 1. The van der Waals surface area contributed by atoms with Gasteiger partial charge in [-0.15, -0.1) is 11.8 Å². The molecule has 0 saturated carbocycles. The number of amides is 1. The van der Waals surface area contributed by atoms with E-state index in [9.17, 15) is 9.18 Å². The Labute approximate surface area is 97.3 Å². The van der Waals surface area contributed by atoms with Crippen LogP contribution in [0.25, 0.3) is 0 Å². The van der Waals surface area contributed by atoms with Gasteiger partial charge < -0.3 is 10.0 Å². The third kappa shape index (κ3) is 2.74. The summed E-state index contributed by atoms with van der Waals surface area (Å²) >= 11 is 1.38. The van der Waals surface area contributed by atoms with Crippen molar-refractivity contribution in [1.29, 1.82) is 0 Å². The van der Waals surface area contributed by atoms with E-state index in [-0.39, 0.29) is 17.8 Å².